The summed E-state index contributed by atoms with van der Waals surface area (Å²) in [5.41, 5.74) is -0.486. The average molecular weight is 491 g/mol. The predicted molar refractivity (Wildman–Crippen MR) is 122 cm³/mol. The normalized spacial score (nSPS) is 26.1. The molecule has 2 aliphatic heterocycles. The molecule has 1 saturated carbocycles. The molecule has 0 bridgehead atoms. The van der Waals surface area contributed by atoms with Crippen LogP contribution in [0.3, 0.4) is 0 Å². The minimum Gasteiger partial charge on any atom is -0.338 e. The summed E-state index contributed by atoms with van der Waals surface area (Å²) in [5, 5.41) is 2.84. The van der Waals surface area contributed by atoms with Crippen molar-refractivity contribution in [2.75, 3.05) is 32.7 Å². The van der Waals surface area contributed by atoms with Crippen molar-refractivity contribution < 1.29 is 27.6 Å². The molecule has 34 heavy (non-hydrogen) atoms. The number of nitrogens with zero attached hydrogens (tertiary/aromatic N) is 3. The lowest BCUT2D eigenvalue weighted by atomic mass is 9.73. The van der Waals surface area contributed by atoms with Crippen LogP contribution in [0.15, 0.2) is 29.2 Å². The zero-order valence-corrected chi connectivity index (χ0v) is 20.3. The summed E-state index contributed by atoms with van der Waals surface area (Å²) in [6.45, 7) is 3.54. The van der Waals surface area contributed by atoms with Crippen LogP contribution in [0.1, 0.15) is 49.9 Å². The number of hydrogen-bond acceptors (Lipinski definition) is 6. The number of imide groups is 1. The molecule has 2 heterocycles. The predicted octanol–water partition coefficient (Wildman–Crippen LogP) is 1.22. The molecule has 184 valence electrons. The first-order valence-electron chi connectivity index (χ1n) is 11.6. The van der Waals surface area contributed by atoms with Gasteiger partial charge in [-0.15, -0.1) is 0 Å². The molecule has 2 saturated heterocycles. The largest absolute Gasteiger partial charge is 0.338 e. The van der Waals surface area contributed by atoms with Crippen LogP contribution < -0.4 is 5.32 Å². The number of nitrogens with one attached hydrogen (secondary N) is 1. The van der Waals surface area contributed by atoms with Crippen LogP contribution in [0.4, 0.5) is 4.79 Å². The number of urea groups is 1. The maximum atomic E-state index is 13.1. The topological polar surface area (TPSA) is 124 Å². The molecular formula is C23H30N4O6S. The molecule has 11 heteroatoms. The number of carbonyl (C=O) groups excluding carboxylic acids is 4. The van der Waals surface area contributed by atoms with Gasteiger partial charge in [0.05, 0.1) is 4.90 Å². The fraction of sp³-hybridized carbons (Fsp3) is 0.565. The number of sulfonamides is 1. The highest BCUT2D eigenvalue weighted by Gasteiger charge is 2.55. The standard InChI is InChI=1S/C23H30N4O6S/c1-16-5-3-4-10-23(16)21(30)27(22(31)24-23)15-20(29)25-11-13-26(14-12-25)34(32,33)19-8-6-18(7-9-19)17(2)28/h6-9,16H,3-5,10-15H2,1-2H3,(H,24,31)/t16-,23-/m0/s1. The number of piperazine rings is 1. The third-order valence-corrected chi connectivity index (χ3v) is 9.20. The van der Waals surface area contributed by atoms with E-state index < -0.39 is 21.6 Å². The molecule has 1 aromatic carbocycles. The van der Waals surface area contributed by atoms with Gasteiger partial charge < -0.3 is 10.2 Å². The number of rotatable bonds is 5. The van der Waals surface area contributed by atoms with Crippen LogP contribution in [0.2, 0.25) is 0 Å². The van der Waals surface area contributed by atoms with E-state index in [1.165, 1.54) is 40.4 Å². The van der Waals surface area contributed by atoms with Crippen molar-refractivity contribution in [3.63, 3.8) is 0 Å². The van der Waals surface area contributed by atoms with Crippen LogP contribution in [0.25, 0.3) is 0 Å². The Bertz CT molecular complexity index is 1110. The molecule has 0 unspecified atom stereocenters. The van der Waals surface area contributed by atoms with Crippen LogP contribution in [-0.4, -0.2) is 84.4 Å². The lowest BCUT2D eigenvalue weighted by Crippen LogP contribution is -2.55. The van der Waals surface area contributed by atoms with E-state index in [-0.39, 0.29) is 61.1 Å². The van der Waals surface area contributed by atoms with Crippen LogP contribution >= 0.6 is 0 Å². The summed E-state index contributed by atoms with van der Waals surface area (Å²) in [5.74, 6) is -0.860. The van der Waals surface area contributed by atoms with E-state index in [9.17, 15) is 27.6 Å². The van der Waals surface area contributed by atoms with Gasteiger partial charge in [0.1, 0.15) is 12.1 Å². The van der Waals surface area contributed by atoms with Gasteiger partial charge in [-0.1, -0.05) is 31.9 Å². The minimum atomic E-state index is -3.76. The zero-order chi connectivity index (χ0) is 24.7. The summed E-state index contributed by atoms with van der Waals surface area (Å²) in [7, 11) is -3.76. The van der Waals surface area contributed by atoms with Crippen molar-refractivity contribution in [1.82, 2.24) is 19.4 Å². The van der Waals surface area contributed by atoms with E-state index in [1.807, 2.05) is 6.92 Å². The first-order chi connectivity index (χ1) is 16.1. The summed E-state index contributed by atoms with van der Waals surface area (Å²) < 4.78 is 27.2. The maximum absolute atomic E-state index is 13.1. The number of carbonyl (C=O) groups is 4. The smallest absolute Gasteiger partial charge is 0.325 e. The van der Waals surface area contributed by atoms with Crippen LogP contribution in [-0.2, 0) is 19.6 Å². The number of hydrogen-bond donors (Lipinski definition) is 1. The van der Waals surface area contributed by atoms with Gasteiger partial charge in [-0.25, -0.2) is 13.2 Å². The monoisotopic (exact) mass is 490 g/mol. The second kappa shape index (κ2) is 9.10. The van der Waals surface area contributed by atoms with Crippen molar-refractivity contribution in [2.24, 2.45) is 5.92 Å². The molecule has 1 N–H and O–H groups in total. The number of benzene rings is 1. The Balaban J connectivity index is 1.37. The second-order valence-electron chi connectivity index (χ2n) is 9.31. The highest BCUT2D eigenvalue weighted by atomic mass is 32.2. The molecule has 3 aliphatic rings. The van der Waals surface area contributed by atoms with Gasteiger partial charge in [0.15, 0.2) is 5.78 Å². The molecule has 0 aromatic heterocycles. The zero-order valence-electron chi connectivity index (χ0n) is 19.5. The number of amides is 4. The van der Waals surface area contributed by atoms with Crippen LogP contribution in [0.5, 0.6) is 0 Å². The molecule has 4 amide bonds. The maximum Gasteiger partial charge on any atom is 0.325 e. The first-order valence-corrected chi connectivity index (χ1v) is 13.0. The molecule has 3 fully saturated rings. The van der Waals surface area contributed by atoms with Crippen molar-refractivity contribution in [3.8, 4) is 0 Å². The van der Waals surface area contributed by atoms with Crippen molar-refractivity contribution >= 4 is 33.7 Å². The van der Waals surface area contributed by atoms with E-state index in [0.717, 1.165) is 24.2 Å². The van der Waals surface area contributed by atoms with E-state index >= 15 is 0 Å². The summed E-state index contributed by atoms with van der Waals surface area (Å²) in [6, 6.07) is 5.23. The van der Waals surface area contributed by atoms with Gasteiger partial charge in [-0.2, -0.15) is 4.31 Å². The number of ketones is 1. The fourth-order valence-corrected chi connectivity index (χ4v) is 6.48. The van der Waals surface area contributed by atoms with Crippen molar-refractivity contribution in [3.05, 3.63) is 29.8 Å². The van der Waals surface area contributed by atoms with Gasteiger partial charge in [0.25, 0.3) is 5.91 Å². The van der Waals surface area contributed by atoms with Gasteiger partial charge in [0, 0.05) is 31.7 Å². The SMILES string of the molecule is CC(=O)c1ccc(S(=O)(=O)N2CCN(C(=O)CN3C(=O)N[C@]4(CCCC[C@@H]4C)C3=O)CC2)cc1. The van der Waals surface area contributed by atoms with Gasteiger partial charge in [-0.3, -0.25) is 19.3 Å². The van der Waals surface area contributed by atoms with Crippen LogP contribution in [0, 0.1) is 5.92 Å². The Kier molecular flexibility index (Phi) is 6.52. The van der Waals surface area contributed by atoms with Gasteiger partial charge in [0.2, 0.25) is 15.9 Å². The molecule has 1 aliphatic carbocycles. The van der Waals surface area contributed by atoms with E-state index in [0.29, 0.717) is 12.0 Å². The Morgan fingerprint density at radius 1 is 1.06 bits per heavy atom. The Hall–Kier alpha value is -2.79. The Morgan fingerprint density at radius 2 is 1.71 bits per heavy atom. The summed E-state index contributed by atoms with van der Waals surface area (Å²) in [4.78, 5) is 52.5. The van der Waals surface area contributed by atoms with E-state index in [4.69, 9.17) is 0 Å². The molecule has 4 rings (SSSR count). The molecule has 10 nitrogen and oxygen atoms in total. The second-order valence-corrected chi connectivity index (χ2v) is 11.2. The van der Waals surface area contributed by atoms with Crippen molar-refractivity contribution in [1.29, 1.82) is 0 Å². The highest BCUT2D eigenvalue weighted by Crippen LogP contribution is 2.38. The molecular weight excluding hydrogens is 460 g/mol. The third-order valence-electron chi connectivity index (χ3n) is 7.28. The summed E-state index contributed by atoms with van der Waals surface area (Å²) >= 11 is 0. The van der Waals surface area contributed by atoms with Crippen molar-refractivity contribution in [2.45, 2.75) is 50.0 Å². The molecule has 2 atom stereocenters. The fourth-order valence-electron chi connectivity index (χ4n) is 5.06. The quantitative estimate of drug-likeness (QED) is 0.489. The molecule has 1 spiro atoms. The Labute approximate surface area is 199 Å². The van der Waals surface area contributed by atoms with Gasteiger partial charge in [-0.05, 0) is 37.8 Å². The molecule has 0 radical (unpaired) electrons. The highest BCUT2D eigenvalue weighted by molar-refractivity contribution is 7.89. The first kappa shape index (κ1) is 24.3. The third kappa shape index (κ3) is 4.22. The lowest BCUT2D eigenvalue weighted by molar-refractivity contribution is -0.141. The van der Waals surface area contributed by atoms with Gasteiger partial charge >= 0.3 is 6.03 Å². The minimum absolute atomic E-state index is 0.0102. The lowest BCUT2D eigenvalue weighted by Gasteiger charge is -2.37. The Morgan fingerprint density at radius 3 is 2.29 bits per heavy atom. The van der Waals surface area contributed by atoms with E-state index in [2.05, 4.69) is 5.32 Å². The molecule has 1 aromatic rings. The summed E-state index contributed by atoms with van der Waals surface area (Å²) in [6.07, 6.45) is 3.29. The van der Waals surface area contributed by atoms with E-state index in [1.54, 1.807) is 0 Å². The average Bonchev–Trinajstić information content (AvgIpc) is 3.06. The number of Topliss-reactive ketones (excluding diaryl/α,β-unsaturated/α-hetero) is 1.